The zero-order valence-corrected chi connectivity index (χ0v) is 28.0. The number of ketones is 2. The molecule has 6 aromatic rings. The van der Waals surface area contributed by atoms with Crippen LogP contribution in [0.1, 0.15) is 31.8 Å². The number of carboxylic acids is 1. The topological polar surface area (TPSA) is 140 Å². The lowest BCUT2D eigenvalue weighted by Gasteiger charge is -2.16. The Bertz CT molecular complexity index is 2430. The minimum Gasteiger partial charge on any atom is -0.475 e. The van der Waals surface area contributed by atoms with Gasteiger partial charge in [-0.2, -0.15) is 13.2 Å². The molecule has 2 aromatic heterocycles. The van der Waals surface area contributed by atoms with Gasteiger partial charge in [-0.1, -0.05) is 84.9 Å². The van der Waals surface area contributed by atoms with E-state index in [0.717, 1.165) is 11.1 Å². The van der Waals surface area contributed by atoms with E-state index in [0.29, 0.717) is 94.5 Å². The summed E-state index contributed by atoms with van der Waals surface area (Å²) in [7, 11) is 0. The molecule has 0 amide bonds. The Labute approximate surface area is 299 Å². The number of rotatable bonds is 9. The molecule has 0 atom stereocenters. The minimum atomic E-state index is -5.08. The van der Waals surface area contributed by atoms with Crippen molar-refractivity contribution in [2.75, 3.05) is 26.2 Å². The molecule has 0 saturated heterocycles. The van der Waals surface area contributed by atoms with E-state index >= 15 is 0 Å². The van der Waals surface area contributed by atoms with Gasteiger partial charge in [-0.3, -0.25) is 19.2 Å². The van der Waals surface area contributed by atoms with Gasteiger partial charge in [-0.05, 0) is 12.1 Å². The molecule has 2 aliphatic rings. The van der Waals surface area contributed by atoms with Gasteiger partial charge in [-0.15, -0.1) is 0 Å². The number of nitrogens with one attached hydrogen (secondary N) is 2. The fourth-order valence-corrected chi connectivity index (χ4v) is 7.09. The first-order valence-corrected chi connectivity index (χ1v) is 16.8. The number of nitrogens with zero attached hydrogens (tertiary/aromatic N) is 2. The lowest BCUT2D eigenvalue weighted by molar-refractivity contribution is -0.192. The van der Waals surface area contributed by atoms with Crippen molar-refractivity contribution < 1.29 is 32.7 Å². The highest BCUT2D eigenvalue weighted by molar-refractivity contribution is 6.27. The summed E-state index contributed by atoms with van der Waals surface area (Å²) in [5.74, 6) is -2.85. The Balaban J connectivity index is 0.000000568. The van der Waals surface area contributed by atoms with Crippen LogP contribution in [-0.4, -0.2) is 64.1 Å². The maximum Gasteiger partial charge on any atom is 0.490 e. The third kappa shape index (κ3) is 6.23. The first-order chi connectivity index (χ1) is 25.5. The molecule has 0 bridgehead atoms. The normalized spacial score (nSPS) is 12.7. The highest BCUT2D eigenvalue weighted by atomic mass is 19.4. The zero-order valence-electron chi connectivity index (χ0n) is 28.0. The van der Waals surface area contributed by atoms with Crippen molar-refractivity contribution in [1.29, 1.82) is 0 Å². The second kappa shape index (κ2) is 14.1. The van der Waals surface area contributed by atoms with Crippen molar-refractivity contribution in [1.82, 2.24) is 19.8 Å². The van der Waals surface area contributed by atoms with Crippen LogP contribution in [-0.2, 0) is 17.9 Å². The van der Waals surface area contributed by atoms with Crippen LogP contribution < -0.4 is 21.8 Å². The first kappa shape index (κ1) is 35.2. The van der Waals surface area contributed by atoms with Crippen molar-refractivity contribution in [3.05, 3.63) is 140 Å². The molecule has 53 heavy (non-hydrogen) atoms. The fraction of sp³-hybridized carbons (Fsp3) is 0.175. The minimum absolute atomic E-state index is 0.0447. The Kier molecular flexibility index (Phi) is 9.37. The number of halogens is 3. The van der Waals surface area contributed by atoms with Crippen molar-refractivity contribution in [3.8, 4) is 22.5 Å². The van der Waals surface area contributed by atoms with Crippen LogP contribution in [0.5, 0.6) is 0 Å². The van der Waals surface area contributed by atoms with Gasteiger partial charge in [0.25, 0.3) is 11.1 Å². The number of benzene rings is 4. The first-order valence-electron chi connectivity index (χ1n) is 16.8. The molecule has 0 aliphatic heterocycles. The summed E-state index contributed by atoms with van der Waals surface area (Å²) in [5, 5.41) is 16.4. The molecule has 0 unspecified atom stereocenters. The molecule has 2 aliphatic carbocycles. The second-order valence-electron chi connectivity index (χ2n) is 12.5. The molecule has 2 heterocycles. The van der Waals surface area contributed by atoms with E-state index in [4.69, 9.17) is 9.90 Å². The van der Waals surface area contributed by atoms with Gasteiger partial charge >= 0.3 is 12.1 Å². The van der Waals surface area contributed by atoms with Crippen LogP contribution >= 0.6 is 0 Å². The molecule has 268 valence electrons. The molecule has 4 aromatic carbocycles. The Morgan fingerprint density at radius 1 is 0.528 bits per heavy atom. The second-order valence-corrected chi connectivity index (χ2v) is 12.5. The van der Waals surface area contributed by atoms with Crippen molar-refractivity contribution in [3.63, 3.8) is 0 Å². The third-order valence-electron chi connectivity index (χ3n) is 9.41. The molecule has 10 nitrogen and oxygen atoms in total. The number of hydrogen-bond donors (Lipinski definition) is 3. The number of alkyl halides is 3. The molecule has 8 rings (SSSR count). The summed E-state index contributed by atoms with van der Waals surface area (Å²) >= 11 is 0. The molecular weight excluding hydrogens is 689 g/mol. The maximum atomic E-state index is 13.6. The highest BCUT2D eigenvalue weighted by Crippen LogP contribution is 2.40. The highest BCUT2D eigenvalue weighted by Gasteiger charge is 2.38. The van der Waals surface area contributed by atoms with E-state index < -0.39 is 12.1 Å². The number of pyridine rings is 2. The van der Waals surface area contributed by atoms with E-state index in [9.17, 15) is 32.3 Å². The van der Waals surface area contributed by atoms with Crippen LogP contribution in [0.4, 0.5) is 13.2 Å². The fourth-order valence-electron chi connectivity index (χ4n) is 7.09. The van der Waals surface area contributed by atoms with Crippen molar-refractivity contribution >= 4 is 39.1 Å². The predicted octanol–water partition coefficient (Wildman–Crippen LogP) is 5.25. The molecule has 0 radical (unpaired) electrons. The number of carbonyl (C=O) groups excluding carboxylic acids is 2. The lowest BCUT2D eigenvalue weighted by atomic mass is 10.0. The number of aromatic nitrogens is 2. The summed E-state index contributed by atoms with van der Waals surface area (Å²) < 4.78 is 35.2. The summed E-state index contributed by atoms with van der Waals surface area (Å²) in [4.78, 5) is 62.9. The van der Waals surface area contributed by atoms with Gasteiger partial charge in [0, 0.05) is 83.1 Å². The van der Waals surface area contributed by atoms with Crippen LogP contribution in [0.2, 0.25) is 0 Å². The molecule has 3 N–H and O–H groups in total. The van der Waals surface area contributed by atoms with Crippen molar-refractivity contribution in [2.24, 2.45) is 0 Å². The largest absolute Gasteiger partial charge is 0.490 e. The zero-order chi connectivity index (χ0) is 37.4. The standard InChI is InChI=1S/C38H30N4O4.C2HF3O2/c43-35-27-13-5-3-11-25(27)33-31(35)23-9-1-7-15-29(23)37(45)41(33)21-19-39-17-18-40-20-22-42-34-26-12-4-6-14-28(26)36(44)32(34)24-10-2-8-16-30(24)38(42)46;3-2(4,5)1(6)7/h1-16,39-40H,17-22H2;(H,6,7). The number of aliphatic carboxylic acids is 1. The van der Waals surface area contributed by atoms with Crippen LogP contribution in [0.25, 0.3) is 44.1 Å². The van der Waals surface area contributed by atoms with Gasteiger partial charge in [-0.25, -0.2) is 4.79 Å². The van der Waals surface area contributed by atoms with Crippen LogP contribution in [0.3, 0.4) is 0 Å². The summed E-state index contributed by atoms with van der Waals surface area (Å²) in [5.41, 5.74) is 5.22. The van der Waals surface area contributed by atoms with Gasteiger partial charge in [0.15, 0.2) is 11.6 Å². The van der Waals surface area contributed by atoms with E-state index in [1.807, 2.05) is 84.9 Å². The SMILES string of the molecule is O=C(O)C(F)(F)F.O=C1c2ccccc2-c2c1c1ccccc1c(=O)n2CCNCCNCCn1c2c(c3ccccc3c1=O)C(=O)c1ccccc1-2. The molecular formula is C40H31F3N4O6. The number of hydrogen-bond acceptors (Lipinski definition) is 7. The van der Waals surface area contributed by atoms with E-state index in [-0.39, 0.29) is 22.7 Å². The molecule has 0 spiro atoms. The van der Waals surface area contributed by atoms with Gasteiger partial charge < -0.3 is 24.9 Å². The lowest BCUT2D eigenvalue weighted by Crippen LogP contribution is -2.34. The summed E-state index contributed by atoms with van der Waals surface area (Å²) in [6.07, 6.45) is -5.08. The summed E-state index contributed by atoms with van der Waals surface area (Å²) in [6.45, 7) is 3.20. The average molecular weight is 721 g/mol. The molecule has 0 fully saturated rings. The van der Waals surface area contributed by atoms with E-state index in [1.54, 1.807) is 21.3 Å². The van der Waals surface area contributed by atoms with Crippen LogP contribution in [0.15, 0.2) is 107 Å². The molecule has 0 saturated carbocycles. The Hall–Kier alpha value is -6.18. The quantitative estimate of drug-likeness (QED) is 0.172. The van der Waals surface area contributed by atoms with E-state index in [2.05, 4.69) is 10.6 Å². The summed E-state index contributed by atoms with van der Waals surface area (Å²) in [6, 6.07) is 29.6. The average Bonchev–Trinajstić information content (AvgIpc) is 3.62. The number of carbonyl (C=O) groups is 3. The van der Waals surface area contributed by atoms with Gasteiger partial charge in [0.1, 0.15) is 0 Å². The Morgan fingerprint density at radius 2 is 0.849 bits per heavy atom. The molecule has 13 heteroatoms. The van der Waals surface area contributed by atoms with Gasteiger partial charge in [0.2, 0.25) is 0 Å². The van der Waals surface area contributed by atoms with E-state index in [1.165, 1.54) is 0 Å². The van der Waals surface area contributed by atoms with Crippen molar-refractivity contribution in [2.45, 2.75) is 19.3 Å². The number of carboxylic acid groups (broad SMARTS) is 1. The van der Waals surface area contributed by atoms with Gasteiger partial charge in [0.05, 0.1) is 22.5 Å². The maximum absolute atomic E-state index is 13.6. The monoisotopic (exact) mass is 720 g/mol. The third-order valence-corrected chi connectivity index (χ3v) is 9.41. The predicted molar refractivity (Wildman–Crippen MR) is 194 cm³/mol. The Morgan fingerprint density at radius 3 is 1.21 bits per heavy atom. The van der Waals surface area contributed by atoms with Crippen LogP contribution in [0, 0.1) is 0 Å². The smallest absolute Gasteiger partial charge is 0.475 e. The number of fused-ring (bicyclic) bond motifs is 10.